The fraction of sp³-hybridized carbons (Fsp3) is 0.182. The molecule has 9 heteroatoms. The quantitative estimate of drug-likeness (QED) is 0.534. The van der Waals surface area contributed by atoms with Crippen LogP contribution in [0.5, 0.6) is 5.75 Å². The van der Waals surface area contributed by atoms with Crippen LogP contribution in [0.3, 0.4) is 0 Å². The number of nitrogens with two attached hydrogens (primary N) is 1. The Morgan fingerprint density at radius 2 is 1.71 bits per heavy atom. The number of ether oxygens (including phenoxy) is 1. The van der Waals surface area contributed by atoms with Crippen molar-refractivity contribution in [2.75, 3.05) is 0 Å². The lowest BCUT2D eigenvalue weighted by Gasteiger charge is -2.10. The second-order valence-electron chi connectivity index (χ2n) is 7.28. The van der Waals surface area contributed by atoms with Gasteiger partial charge in [0.15, 0.2) is 17.2 Å². The van der Waals surface area contributed by atoms with E-state index in [9.17, 15) is 14.0 Å². The molecular formula is C22H20FN5O3. The van der Waals surface area contributed by atoms with Gasteiger partial charge in [-0.15, -0.1) is 0 Å². The number of hydrogen-bond acceptors (Lipinski definition) is 5. The highest BCUT2D eigenvalue weighted by Gasteiger charge is 2.22. The number of halogens is 1. The highest BCUT2D eigenvalue weighted by atomic mass is 19.1. The topological polar surface area (TPSA) is 105 Å². The molecule has 1 amide bonds. The number of carbonyl (C=O) groups excluding carboxylic acids is 1. The van der Waals surface area contributed by atoms with E-state index in [1.807, 2.05) is 13.8 Å². The standard InChI is InChI=1S/C22H20FN5O3/c1-12(2)31-16-10-4-13(5-11-16)20-25-17(19(24)29)18-21(26-20)28(22(30)27(18)3)15-8-6-14(23)7-9-15/h4-12H,1-3H3,(H2,24,29). The van der Waals surface area contributed by atoms with Gasteiger partial charge in [0, 0.05) is 12.6 Å². The highest BCUT2D eigenvalue weighted by molar-refractivity contribution is 6.02. The van der Waals surface area contributed by atoms with E-state index >= 15 is 0 Å². The van der Waals surface area contributed by atoms with Gasteiger partial charge in [-0.1, -0.05) is 0 Å². The van der Waals surface area contributed by atoms with E-state index in [1.54, 1.807) is 24.3 Å². The van der Waals surface area contributed by atoms with Crippen LogP contribution in [-0.4, -0.2) is 31.1 Å². The zero-order valence-electron chi connectivity index (χ0n) is 17.2. The van der Waals surface area contributed by atoms with Crippen molar-refractivity contribution < 1.29 is 13.9 Å². The Hall–Kier alpha value is -4.01. The molecule has 0 spiro atoms. The van der Waals surface area contributed by atoms with E-state index in [1.165, 1.54) is 40.4 Å². The summed E-state index contributed by atoms with van der Waals surface area (Å²) in [5, 5.41) is 0. The van der Waals surface area contributed by atoms with Crippen LogP contribution in [0.15, 0.2) is 53.3 Å². The van der Waals surface area contributed by atoms with Crippen molar-refractivity contribution in [1.82, 2.24) is 19.1 Å². The smallest absolute Gasteiger partial charge is 0.334 e. The zero-order chi connectivity index (χ0) is 22.3. The Labute approximate surface area is 176 Å². The monoisotopic (exact) mass is 421 g/mol. The zero-order valence-corrected chi connectivity index (χ0v) is 17.2. The molecule has 4 rings (SSSR count). The number of hydrogen-bond donors (Lipinski definition) is 1. The molecule has 4 aromatic rings. The normalized spacial score (nSPS) is 11.3. The minimum absolute atomic E-state index is 0.0226. The summed E-state index contributed by atoms with van der Waals surface area (Å²) in [5.74, 6) is -0.328. The molecule has 0 bridgehead atoms. The van der Waals surface area contributed by atoms with Crippen LogP contribution in [0.4, 0.5) is 4.39 Å². The average Bonchev–Trinajstić information content (AvgIpc) is 2.98. The second kappa shape index (κ2) is 7.67. The second-order valence-corrected chi connectivity index (χ2v) is 7.28. The van der Waals surface area contributed by atoms with E-state index < -0.39 is 17.4 Å². The molecular weight excluding hydrogens is 401 g/mol. The van der Waals surface area contributed by atoms with E-state index in [4.69, 9.17) is 10.5 Å². The minimum Gasteiger partial charge on any atom is -0.491 e. The average molecular weight is 421 g/mol. The first-order chi connectivity index (χ1) is 14.8. The van der Waals surface area contributed by atoms with Gasteiger partial charge < -0.3 is 10.5 Å². The van der Waals surface area contributed by atoms with Crippen LogP contribution in [0.1, 0.15) is 24.3 Å². The fourth-order valence-electron chi connectivity index (χ4n) is 3.32. The molecule has 0 aliphatic rings. The lowest BCUT2D eigenvalue weighted by atomic mass is 10.2. The number of primary amides is 1. The van der Waals surface area contributed by atoms with Gasteiger partial charge in [-0.25, -0.2) is 23.7 Å². The summed E-state index contributed by atoms with van der Waals surface area (Å²) in [6.45, 7) is 3.85. The maximum Gasteiger partial charge on any atom is 0.334 e. The molecule has 0 saturated heterocycles. The van der Waals surface area contributed by atoms with E-state index in [0.29, 0.717) is 17.0 Å². The Kier molecular flexibility index (Phi) is 5.02. The molecule has 0 radical (unpaired) electrons. The van der Waals surface area contributed by atoms with Gasteiger partial charge in [-0.2, -0.15) is 0 Å². The van der Waals surface area contributed by atoms with Gasteiger partial charge in [-0.05, 0) is 62.4 Å². The Bertz CT molecular complexity index is 1340. The number of benzene rings is 2. The van der Waals surface area contributed by atoms with Gasteiger partial charge in [0.25, 0.3) is 5.91 Å². The first-order valence-corrected chi connectivity index (χ1v) is 9.58. The summed E-state index contributed by atoms with van der Waals surface area (Å²) >= 11 is 0. The largest absolute Gasteiger partial charge is 0.491 e. The van der Waals surface area contributed by atoms with E-state index in [0.717, 1.165) is 0 Å². The summed E-state index contributed by atoms with van der Waals surface area (Å²) in [4.78, 5) is 34.0. The van der Waals surface area contributed by atoms with Crippen molar-refractivity contribution in [3.8, 4) is 22.8 Å². The molecule has 2 N–H and O–H groups in total. The summed E-state index contributed by atoms with van der Waals surface area (Å²) in [5.41, 5.74) is 6.43. The minimum atomic E-state index is -0.791. The first-order valence-electron chi connectivity index (χ1n) is 9.58. The van der Waals surface area contributed by atoms with Crippen molar-refractivity contribution in [1.29, 1.82) is 0 Å². The van der Waals surface area contributed by atoms with Crippen LogP contribution in [-0.2, 0) is 7.05 Å². The summed E-state index contributed by atoms with van der Waals surface area (Å²) in [6, 6.07) is 12.5. The number of imidazole rings is 1. The molecule has 2 aromatic heterocycles. The van der Waals surface area contributed by atoms with Gasteiger partial charge in [0.05, 0.1) is 11.8 Å². The fourth-order valence-corrected chi connectivity index (χ4v) is 3.32. The van der Waals surface area contributed by atoms with Crippen molar-refractivity contribution in [3.05, 3.63) is 70.5 Å². The lowest BCUT2D eigenvalue weighted by Crippen LogP contribution is -2.21. The maximum atomic E-state index is 13.4. The molecule has 0 aliphatic carbocycles. The number of nitrogens with zero attached hydrogens (tertiary/aromatic N) is 4. The number of rotatable bonds is 5. The van der Waals surface area contributed by atoms with Crippen molar-refractivity contribution in [2.45, 2.75) is 20.0 Å². The van der Waals surface area contributed by atoms with Gasteiger partial charge in [-0.3, -0.25) is 9.36 Å². The lowest BCUT2D eigenvalue weighted by molar-refractivity contribution is 0.0997. The highest BCUT2D eigenvalue weighted by Crippen LogP contribution is 2.25. The van der Waals surface area contributed by atoms with Crippen molar-refractivity contribution in [3.63, 3.8) is 0 Å². The third kappa shape index (κ3) is 3.65. The number of amides is 1. The Morgan fingerprint density at radius 1 is 1.06 bits per heavy atom. The number of aromatic nitrogens is 4. The molecule has 0 unspecified atom stereocenters. The van der Waals surface area contributed by atoms with Crippen molar-refractivity contribution in [2.24, 2.45) is 12.8 Å². The van der Waals surface area contributed by atoms with E-state index in [2.05, 4.69) is 9.97 Å². The molecule has 158 valence electrons. The number of carbonyl (C=O) groups is 1. The summed E-state index contributed by atoms with van der Waals surface area (Å²) in [7, 11) is 1.50. The Balaban J connectivity index is 1.96. The molecule has 2 heterocycles. The first kappa shape index (κ1) is 20.3. The van der Waals surface area contributed by atoms with E-state index in [-0.39, 0.29) is 28.8 Å². The number of aryl methyl sites for hydroxylation is 1. The summed E-state index contributed by atoms with van der Waals surface area (Å²) < 4.78 is 21.6. The number of fused-ring (bicyclic) bond motifs is 1. The van der Waals surface area contributed by atoms with Gasteiger partial charge in [0.1, 0.15) is 17.1 Å². The van der Waals surface area contributed by atoms with Crippen LogP contribution in [0, 0.1) is 5.82 Å². The molecule has 0 saturated carbocycles. The van der Waals surface area contributed by atoms with Gasteiger partial charge >= 0.3 is 5.69 Å². The molecule has 8 nitrogen and oxygen atoms in total. The van der Waals surface area contributed by atoms with Gasteiger partial charge in [0.2, 0.25) is 0 Å². The van der Waals surface area contributed by atoms with Crippen LogP contribution in [0.25, 0.3) is 28.2 Å². The third-order valence-corrected chi connectivity index (χ3v) is 4.69. The Morgan fingerprint density at radius 3 is 2.29 bits per heavy atom. The maximum absolute atomic E-state index is 13.4. The SMILES string of the molecule is CC(C)Oc1ccc(-c2nc(C(N)=O)c3c(n2)n(-c2ccc(F)cc2)c(=O)n3C)cc1. The van der Waals surface area contributed by atoms with Crippen LogP contribution in [0.2, 0.25) is 0 Å². The van der Waals surface area contributed by atoms with Crippen molar-refractivity contribution >= 4 is 17.1 Å². The predicted molar refractivity (Wildman–Crippen MR) is 114 cm³/mol. The molecule has 2 aromatic carbocycles. The van der Waals surface area contributed by atoms with Crippen LogP contribution < -0.4 is 16.2 Å². The van der Waals surface area contributed by atoms with Crippen LogP contribution >= 0.6 is 0 Å². The molecule has 0 atom stereocenters. The third-order valence-electron chi connectivity index (χ3n) is 4.69. The molecule has 0 fully saturated rings. The predicted octanol–water partition coefficient (Wildman–Crippen LogP) is 2.81. The summed E-state index contributed by atoms with van der Waals surface area (Å²) in [6.07, 6.45) is 0.0226. The molecule has 0 aliphatic heterocycles. The molecule has 31 heavy (non-hydrogen) atoms.